The van der Waals surface area contributed by atoms with Gasteiger partial charge in [-0.1, -0.05) is 18.6 Å². The average molecular weight is 326 g/mol. The van der Waals surface area contributed by atoms with Crippen LogP contribution in [-0.2, 0) is 15.6 Å². The van der Waals surface area contributed by atoms with E-state index in [0.29, 0.717) is 11.6 Å². The Hall–Kier alpha value is -1.63. The molecule has 0 bridgehead atoms. The van der Waals surface area contributed by atoms with Gasteiger partial charge in [0.2, 0.25) is 5.88 Å². The third kappa shape index (κ3) is 4.98. The molecule has 0 saturated carbocycles. The normalized spacial score (nSPS) is 18.7. The Morgan fingerprint density at radius 3 is 2.77 bits per heavy atom. The van der Waals surface area contributed by atoms with Crippen LogP contribution in [0.2, 0.25) is 0 Å². The molecule has 0 spiro atoms. The van der Waals surface area contributed by atoms with Crippen LogP contribution in [0.15, 0.2) is 18.2 Å². The third-order valence-electron chi connectivity index (χ3n) is 3.57. The number of hydrogen-bond donors (Lipinski definition) is 0. The van der Waals surface area contributed by atoms with Gasteiger partial charge in [-0.2, -0.15) is 9.97 Å². The molecule has 1 aliphatic carbocycles. The molecule has 0 saturated heterocycles. The summed E-state index contributed by atoms with van der Waals surface area (Å²) in [4.78, 5) is 8.05. The smallest absolute Gasteiger partial charge is 0.319 e. The molecule has 1 aromatic rings. The third-order valence-corrected chi connectivity index (χ3v) is 5.24. The van der Waals surface area contributed by atoms with Gasteiger partial charge >= 0.3 is 6.01 Å². The quantitative estimate of drug-likeness (QED) is 0.745. The van der Waals surface area contributed by atoms with Crippen LogP contribution >= 0.6 is 0 Å². The van der Waals surface area contributed by atoms with Crippen molar-refractivity contribution in [3.05, 3.63) is 23.9 Å². The van der Waals surface area contributed by atoms with Gasteiger partial charge in [0, 0.05) is 6.07 Å². The predicted octanol–water partition coefficient (Wildman–Crippen LogP) is 2.16. The molecule has 2 rings (SSSR count). The number of nitrogens with zero attached hydrogens (tertiary/aromatic N) is 2. The van der Waals surface area contributed by atoms with Crippen LogP contribution in [-0.4, -0.2) is 38.4 Å². The van der Waals surface area contributed by atoms with Crippen molar-refractivity contribution in [2.75, 3.05) is 20.0 Å². The number of ether oxygens (including phenoxy) is 2. The summed E-state index contributed by atoms with van der Waals surface area (Å²) in [5, 5.41) is 0. The second kappa shape index (κ2) is 7.58. The van der Waals surface area contributed by atoms with Gasteiger partial charge in [-0.05, 0) is 25.2 Å². The molecule has 1 heterocycles. The fourth-order valence-corrected chi connectivity index (χ4v) is 4.17. The minimum absolute atomic E-state index is 0.0955. The summed E-state index contributed by atoms with van der Waals surface area (Å²) < 4.78 is 34.8. The second-order valence-corrected chi connectivity index (χ2v) is 7.52. The maximum Gasteiger partial charge on any atom is 0.319 e. The van der Waals surface area contributed by atoms with Crippen molar-refractivity contribution in [3.63, 3.8) is 0 Å². The van der Waals surface area contributed by atoms with Crippen LogP contribution in [0, 0.1) is 5.92 Å². The second-order valence-electron chi connectivity index (χ2n) is 5.42. The first-order chi connectivity index (χ1) is 10.5. The number of allylic oxidation sites excluding steroid dienone is 2. The molecule has 1 unspecified atom stereocenters. The van der Waals surface area contributed by atoms with Gasteiger partial charge in [0.05, 0.1) is 31.4 Å². The monoisotopic (exact) mass is 326 g/mol. The number of methoxy groups -OCH3 is 2. The molecular weight excluding hydrogens is 304 g/mol. The number of rotatable bonds is 6. The molecule has 0 N–H and O–H groups in total. The van der Waals surface area contributed by atoms with Gasteiger partial charge in [0.15, 0.2) is 9.84 Å². The summed E-state index contributed by atoms with van der Waals surface area (Å²) in [5.74, 6) is 0.412. The molecule has 0 fully saturated rings. The zero-order chi connectivity index (χ0) is 16.0. The number of sulfone groups is 1. The van der Waals surface area contributed by atoms with Crippen molar-refractivity contribution in [2.45, 2.75) is 31.4 Å². The van der Waals surface area contributed by atoms with Crippen molar-refractivity contribution < 1.29 is 17.9 Å². The van der Waals surface area contributed by atoms with E-state index >= 15 is 0 Å². The van der Waals surface area contributed by atoms with Crippen LogP contribution in [0.5, 0.6) is 11.9 Å². The Morgan fingerprint density at radius 2 is 2.05 bits per heavy atom. The summed E-state index contributed by atoms with van der Waals surface area (Å²) in [7, 11) is -0.351. The van der Waals surface area contributed by atoms with Crippen molar-refractivity contribution >= 4 is 9.84 Å². The number of hydrogen-bond acceptors (Lipinski definition) is 6. The van der Waals surface area contributed by atoms with E-state index in [1.807, 2.05) is 6.08 Å². The van der Waals surface area contributed by atoms with E-state index in [9.17, 15) is 8.42 Å². The molecule has 0 aliphatic heterocycles. The standard InChI is InChI=1S/C15H22N2O4S/c1-20-14-9-13(16-15(17-14)21-2)11-22(18,19)10-12-7-5-3-4-6-8-12/h5,7,9,12H,3-4,6,8,10-11H2,1-2H3. The van der Waals surface area contributed by atoms with Crippen LogP contribution in [0.3, 0.4) is 0 Å². The van der Waals surface area contributed by atoms with Gasteiger partial charge in [0.25, 0.3) is 0 Å². The van der Waals surface area contributed by atoms with Gasteiger partial charge in [-0.25, -0.2) is 8.42 Å². The highest BCUT2D eigenvalue weighted by atomic mass is 32.2. The van der Waals surface area contributed by atoms with Crippen molar-refractivity contribution in [1.29, 1.82) is 0 Å². The van der Waals surface area contributed by atoms with Crippen LogP contribution in [0.25, 0.3) is 0 Å². The molecule has 6 nitrogen and oxygen atoms in total. The Bertz CT molecular complexity index is 606. The molecule has 0 radical (unpaired) electrons. The minimum atomic E-state index is -3.25. The topological polar surface area (TPSA) is 78.4 Å². The van der Waals surface area contributed by atoms with E-state index in [1.165, 1.54) is 20.3 Å². The number of aromatic nitrogens is 2. The predicted molar refractivity (Wildman–Crippen MR) is 83.7 cm³/mol. The van der Waals surface area contributed by atoms with E-state index in [4.69, 9.17) is 9.47 Å². The van der Waals surface area contributed by atoms with E-state index in [2.05, 4.69) is 16.0 Å². The molecule has 1 aliphatic rings. The summed E-state index contributed by atoms with van der Waals surface area (Å²) in [6.45, 7) is 0. The Labute approximate surface area is 131 Å². The first-order valence-electron chi connectivity index (χ1n) is 7.35. The van der Waals surface area contributed by atoms with E-state index in [1.54, 1.807) is 0 Å². The Balaban J connectivity index is 2.10. The highest BCUT2D eigenvalue weighted by Gasteiger charge is 2.20. The van der Waals surface area contributed by atoms with Gasteiger partial charge in [0.1, 0.15) is 0 Å². The maximum atomic E-state index is 12.4. The lowest BCUT2D eigenvalue weighted by atomic mass is 10.1. The van der Waals surface area contributed by atoms with Gasteiger partial charge < -0.3 is 9.47 Å². The lowest BCUT2D eigenvalue weighted by molar-refractivity contribution is 0.350. The Morgan fingerprint density at radius 1 is 1.23 bits per heavy atom. The highest BCUT2D eigenvalue weighted by Crippen LogP contribution is 2.21. The average Bonchev–Trinajstić information content (AvgIpc) is 2.74. The molecule has 22 heavy (non-hydrogen) atoms. The molecule has 1 atom stereocenters. The fraction of sp³-hybridized carbons (Fsp3) is 0.600. The lowest BCUT2D eigenvalue weighted by Gasteiger charge is -2.12. The summed E-state index contributed by atoms with van der Waals surface area (Å²) >= 11 is 0. The molecule has 7 heteroatoms. The fourth-order valence-electron chi connectivity index (χ4n) is 2.52. The highest BCUT2D eigenvalue weighted by molar-refractivity contribution is 7.90. The summed E-state index contributed by atoms with van der Waals surface area (Å²) in [6.07, 6.45) is 8.29. The maximum absolute atomic E-state index is 12.4. The first-order valence-corrected chi connectivity index (χ1v) is 9.17. The van der Waals surface area contributed by atoms with Crippen LogP contribution in [0.1, 0.15) is 31.4 Å². The van der Waals surface area contributed by atoms with Gasteiger partial charge in [-0.15, -0.1) is 0 Å². The van der Waals surface area contributed by atoms with Crippen molar-refractivity contribution in [3.8, 4) is 11.9 Å². The lowest BCUT2D eigenvalue weighted by Crippen LogP contribution is -2.17. The molecule has 0 amide bonds. The van der Waals surface area contributed by atoms with E-state index in [0.717, 1.165) is 25.7 Å². The zero-order valence-corrected chi connectivity index (χ0v) is 13.8. The largest absolute Gasteiger partial charge is 0.481 e. The summed E-state index contributed by atoms with van der Waals surface area (Å²) in [6, 6.07) is 1.64. The van der Waals surface area contributed by atoms with Gasteiger partial charge in [-0.3, -0.25) is 0 Å². The Kier molecular flexibility index (Phi) is 5.76. The van der Waals surface area contributed by atoms with E-state index in [-0.39, 0.29) is 23.4 Å². The van der Waals surface area contributed by atoms with Crippen LogP contribution < -0.4 is 9.47 Å². The van der Waals surface area contributed by atoms with Crippen molar-refractivity contribution in [2.24, 2.45) is 5.92 Å². The first kappa shape index (κ1) is 16.7. The molecular formula is C15H22N2O4S. The zero-order valence-electron chi connectivity index (χ0n) is 13.0. The molecule has 122 valence electrons. The van der Waals surface area contributed by atoms with Crippen molar-refractivity contribution in [1.82, 2.24) is 9.97 Å². The molecule has 1 aromatic heterocycles. The molecule has 0 aromatic carbocycles. The SMILES string of the molecule is COc1cc(CS(=O)(=O)CC2C=CCCCC2)nc(OC)n1. The van der Waals surface area contributed by atoms with E-state index < -0.39 is 9.84 Å². The van der Waals surface area contributed by atoms with Crippen LogP contribution in [0.4, 0.5) is 0 Å². The summed E-state index contributed by atoms with van der Waals surface area (Å²) in [5.41, 5.74) is 0.390. The minimum Gasteiger partial charge on any atom is -0.481 e.